The van der Waals surface area contributed by atoms with Crippen LogP contribution in [0.4, 0.5) is 0 Å². The zero-order valence-corrected chi connectivity index (χ0v) is 12.8. The van der Waals surface area contributed by atoms with Crippen LogP contribution in [0, 0.1) is 5.92 Å². The van der Waals surface area contributed by atoms with E-state index >= 15 is 0 Å². The lowest BCUT2D eigenvalue weighted by molar-refractivity contribution is 0.0611. The highest BCUT2D eigenvalue weighted by Crippen LogP contribution is 2.36. The number of rotatable bonds is 5. The van der Waals surface area contributed by atoms with Crippen molar-refractivity contribution in [3.05, 3.63) is 29.1 Å². The lowest BCUT2D eigenvalue weighted by atomic mass is 9.76. The van der Waals surface area contributed by atoms with Crippen LogP contribution in [0.5, 0.6) is 0 Å². The summed E-state index contributed by atoms with van der Waals surface area (Å²) in [6, 6.07) is 2.52. The number of nitrogens with one attached hydrogen (secondary N) is 1. The van der Waals surface area contributed by atoms with Crippen LogP contribution in [0.3, 0.4) is 0 Å². The molecule has 0 unspecified atom stereocenters. The number of carbonyl (C=O) groups is 1. The van der Waals surface area contributed by atoms with Gasteiger partial charge >= 0.3 is 0 Å². The highest BCUT2D eigenvalue weighted by Gasteiger charge is 2.34. The number of hydroxylamine groups is 1. The fourth-order valence-corrected chi connectivity index (χ4v) is 3.57. The largest absolute Gasteiger partial charge is 0.330 e. The molecule has 4 N–H and O–H groups in total. The summed E-state index contributed by atoms with van der Waals surface area (Å²) in [5, 5.41) is 8.69. The molecule has 2 heterocycles. The van der Waals surface area contributed by atoms with Crippen molar-refractivity contribution in [3.63, 3.8) is 0 Å². The fourth-order valence-electron chi connectivity index (χ4n) is 3.57. The summed E-state index contributed by atoms with van der Waals surface area (Å²) in [5.74, 6) is 0.345. The molecule has 3 rings (SSSR count). The van der Waals surface area contributed by atoms with E-state index < -0.39 is 5.91 Å². The summed E-state index contributed by atoms with van der Waals surface area (Å²) in [6.45, 7) is 2.68. The third-order valence-corrected chi connectivity index (χ3v) is 4.99. The number of fused-ring (bicyclic) bond motifs is 1. The molecule has 1 amide bonds. The minimum Gasteiger partial charge on any atom is -0.330 e. The second kappa shape index (κ2) is 6.73. The number of nitrogens with two attached hydrogens (primary N) is 1. The van der Waals surface area contributed by atoms with E-state index in [1.807, 2.05) is 6.07 Å². The average Bonchev–Trinajstić information content (AvgIpc) is 2.52. The summed E-state index contributed by atoms with van der Waals surface area (Å²) in [7, 11) is 0. The molecule has 6 nitrogen and oxygen atoms in total. The summed E-state index contributed by atoms with van der Waals surface area (Å²) in [5.41, 5.74) is 9.82. The van der Waals surface area contributed by atoms with E-state index in [1.165, 1.54) is 19.3 Å². The van der Waals surface area contributed by atoms with E-state index in [9.17, 15) is 4.79 Å². The van der Waals surface area contributed by atoms with Crippen LogP contribution in [-0.4, -0.2) is 40.1 Å². The Morgan fingerprint density at radius 2 is 2.32 bits per heavy atom. The Balaban J connectivity index is 1.57. The first kappa shape index (κ1) is 15.4. The Morgan fingerprint density at radius 3 is 3.05 bits per heavy atom. The van der Waals surface area contributed by atoms with Crippen LogP contribution in [-0.2, 0) is 13.0 Å². The second-order valence-electron chi connectivity index (χ2n) is 6.41. The van der Waals surface area contributed by atoms with Crippen LogP contribution < -0.4 is 11.2 Å². The van der Waals surface area contributed by atoms with Gasteiger partial charge in [-0.05, 0) is 56.2 Å². The lowest BCUT2D eigenvalue weighted by Crippen LogP contribution is -2.47. The van der Waals surface area contributed by atoms with Gasteiger partial charge in [-0.15, -0.1) is 0 Å². The van der Waals surface area contributed by atoms with Gasteiger partial charge in [0.25, 0.3) is 5.91 Å². The van der Waals surface area contributed by atoms with Crippen molar-refractivity contribution in [1.29, 1.82) is 0 Å². The molecule has 0 radical (unpaired) electrons. The van der Waals surface area contributed by atoms with Crippen molar-refractivity contribution in [3.8, 4) is 0 Å². The van der Waals surface area contributed by atoms with Crippen molar-refractivity contribution in [2.24, 2.45) is 11.7 Å². The fraction of sp³-hybridized carbons (Fsp3) is 0.625. The number of hydrogen-bond donors (Lipinski definition) is 3. The quantitative estimate of drug-likeness (QED) is 0.559. The van der Waals surface area contributed by atoms with Crippen LogP contribution in [0.15, 0.2) is 12.3 Å². The maximum absolute atomic E-state index is 11.4. The van der Waals surface area contributed by atoms with Gasteiger partial charge in [0.15, 0.2) is 0 Å². The minimum absolute atomic E-state index is 0.417. The Hall–Kier alpha value is -1.50. The molecule has 2 aliphatic rings. The van der Waals surface area contributed by atoms with Crippen molar-refractivity contribution in [2.45, 2.75) is 44.7 Å². The summed E-state index contributed by atoms with van der Waals surface area (Å²) in [4.78, 5) is 18.4. The molecule has 0 atom stereocenters. The molecule has 1 aromatic rings. The van der Waals surface area contributed by atoms with Gasteiger partial charge in [0.2, 0.25) is 0 Å². The predicted molar refractivity (Wildman–Crippen MR) is 82.4 cm³/mol. The first-order chi connectivity index (χ1) is 10.7. The topological polar surface area (TPSA) is 91.5 Å². The summed E-state index contributed by atoms with van der Waals surface area (Å²) >= 11 is 0. The van der Waals surface area contributed by atoms with Gasteiger partial charge in [0, 0.05) is 25.3 Å². The normalized spacial score (nSPS) is 24.5. The average molecular weight is 304 g/mol. The first-order valence-electron chi connectivity index (χ1n) is 8.07. The molecule has 1 aromatic heterocycles. The van der Waals surface area contributed by atoms with Gasteiger partial charge in [-0.1, -0.05) is 0 Å². The molecule has 6 heteroatoms. The van der Waals surface area contributed by atoms with Gasteiger partial charge in [-0.25, -0.2) is 5.48 Å². The van der Waals surface area contributed by atoms with Gasteiger partial charge < -0.3 is 5.73 Å². The monoisotopic (exact) mass is 304 g/mol. The molecule has 0 spiro atoms. The van der Waals surface area contributed by atoms with E-state index in [0.29, 0.717) is 11.6 Å². The van der Waals surface area contributed by atoms with Crippen LogP contribution in [0.1, 0.15) is 47.3 Å². The number of carbonyl (C=O) groups excluding carboxylic acids is 1. The van der Waals surface area contributed by atoms with Crippen LogP contribution >= 0.6 is 0 Å². The van der Waals surface area contributed by atoms with Crippen molar-refractivity contribution >= 4 is 5.91 Å². The third-order valence-electron chi connectivity index (χ3n) is 4.99. The molecule has 0 bridgehead atoms. The Morgan fingerprint density at radius 1 is 1.50 bits per heavy atom. The molecule has 0 saturated heterocycles. The zero-order chi connectivity index (χ0) is 15.5. The third kappa shape index (κ3) is 3.14. The summed E-state index contributed by atoms with van der Waals surface area (Å²) in [6.07, 6.45) is 7.41. The standard InChI is InChI=1S/C16H24N4O2/c17-4-1-2-11-6-14(7-11)20-5-3-12-8-13(16(21)19-22)9-18-15(12)10-20/h8-9,11,14,22H,1-7,10,17H2,(H,19,21). The molecule has 1 aliphatic carbocycles. The minimum atomic E-state index is -0.500. The first-order valence-corrected chi connectivity index (χ1v) is 8.07. The van der Waals surface area contributed by atoms with Gasteiger partial charge in [-0.2, -0.15) is 0 Å². The molecule has 1 aliphatic heterocycles. The number of hydrogen-bond acceptors (Lipinski definition) is 5. The summed E-state index contributed by atoms with van der Waals surface area (Å²) < 4.78 is 0. The van der Waals surface area contributed by atoms with Gasteiger partial charge in [0.05, 0.1) is 11.3 Å². The van der Waals surface area contributed by atoms with E-state index in [1.54, 1.807) is 11.7 Å². The molecule has 1 fully saturated rings. The number of pyridine rings is 1. The van der Waals surface area contributed by atoms with E-state index in [4.69, 9.17) is 10.9 Å². The van der Waals surface area contributed by atoms with E-state index in [-0.39, 0.29) is 0 Å². The number of aromatic nitrogens is 1. The highest BCUT2D eigenvalue weighted by atomic mass is 16.5. The lowest BCUT2D eigenvalue weighted by Gasteiger charge is -2.44. The number of amides is 1. The second-order valence-corrected chi connectivity index (χ2v) is 6.41. The van der Waals surface area contributed by atoms with Crippen molar-refractivity contribution < 1.29 is 10.0 Å². The van der Waals surface area contributed by atoms with Crippen LogP contribution in [0.2, 0.25) is 0 Å². The molecule has 22 heavy (non-hydrogen) atoms. The maximum atomic E-state index is 11.4. The predicted octanol–water partition coefficient (Wildman–Crippen LogP) is 1.08. The Labute approximate surface area is 130 Å². The highest BCUT2D eigenvalue weighted by molar-refractivity contribution is 5.93. The smallest absolute Gasteiger partial charge is 0.276 e. The zero-order valence-electron chi connectivity index (χ0n) is 12.8. The van der Waals surface area contributed by atoms with E-state index in [0.717, 1.165) is 49.7 Å². The maximum Gasteiger partial charge on any atom is 0.276 e. The van der Waals surface area contributed by atoms with Gasteiger partial charge in [-0.3, -0.25) is 19.9 Å². The Bertz CT molecular complexity index is 543. The molecular weight excluding hydrogens is 280 g/mol. The molecule has 1 saturated carbocycles. The number of nitrogens with zero attached hydrogens (tertiary/aromatic N) is 2. The van der Waals surface area contributed by atoms with Crippen molar-refractivity contribution in [2.75, 3.05) is 13.1 Å². The van der Waals surface area contributed by atoms with E-state index in [2.05, 4.69) is 9.88 Å². The molecular formula is C16H24N4O2. The molecule has 0 aromatic carbocycles. The SMILES string of the molecule is NCCCC1CC(N2CCc3cc(C(=O)NO)cnc3C2)C1. The molecule has 120 valence electrons. The Kier molecular flexibility index (Phi) is 4.71. The van der Waals surface area contributed by atoms with Crippen molar-refractivity contribution in [1.82, 2.24) is 15.4 Å². The van der Waals surface area contributed by atoms with Gasteiger partial charge in [0.1, 0.15) is 0 Å². The van der Waals surface area contributed by atoms with Crippen LogP contribution in [0.25, 0.3) is 0 Å².